The molecule has 4 aliphatic rings. The van der Waals surface area contributed by atoms with E-state index in [9.17, 15) is 14.9 Å². The minimum atomic E-state index is -0.745. The first-order valence-corrected chi connectivity index (χ1v) is 20.7. The van der Waals surface area contributed by atoms with Crippen molar-refractivity contribution in [2.24, 2.45) is 5.92 Å². The van der Waals surface area contributed by atoms with Gasteiger partial charge in [-0.25, -0.2) is 4.52 Å². The van der Waals surface area contributed by atoms with Crippen molar-refractivity contribution in [3.8, 4) is 28.0 Å². The fourth-order valence-electron chi connectivity index (χ4n) is 8.50. The first kappa shape index (κ1) is 37.1. The van der Waals surface area contributed by atoms with Gasteiger partial charge in [0.05, 0.1) is 51.5 Å². The third-order valence-corrected chi connectivity index (χ3v) is 13.1. The van der Waals surface area contributed by atoms with Crippen LogP contribution in [0.15, 0.2) is 55.1 Å². The summed E-state index contributed by atoms with van der Waals surface area (Å²) in [4.78, 5) is 41.2. The summed E-state index contributed by atoms with van der Waals surface area (Å²) < 4.78 is 7.45. The first-order valence-electron chi connectivity index (χ1n) is 19.9. The van der Waals surface area contributed by atoms with Gasteiger partial charge in [0.2, 0.25) is 16.9 Å². The lowest BCUT2D eigenvalue weighted by Gasteiger charge is -2.39. The standard InChI is InChI=1S/C41H46N12O3S/c1-41(9-4-37(54)47-39(41)55)29-19-32(24-43-23-29)51-10-5-27(6-11-51)26-50-12-14-52(15-13-50)40-49-48-38(57-40)33-25-44-35(20-34(33)46-30-7-16-56-17-8-30)36-3-2-31-18-28(21-42)22-45-53(31)36/h2-3,18-20,22-25,27,30H,4-17,26H2,1H3,(H,44,46)(H,47,54,55)/t41-/m1/s1. The Labute approximate surface area is 335 Å². The van der Waals surface area contributed by atoms with Crippen LogP contribution in [-0.4, -0.2) is 112 Å². The molecule has 0 aromatic carbocycles. The number of amides is 2. The van der Waals surface area contributed by atoms with Crippen molar-refractivity contribution >= 4 is 45.2 Å². The lowest BCUT2D eigenvalue weighted by Crippen LogP contribution is -2.50. The van der Waals surface area contributed by atoms with Crippen molar-refractivity contribution in [2.75, 3.05) is 74.1 Å². The lowest BCUT2D eigenvalue weighted by molar-refractivity contribution is -0.137. The molecule has 4 saturated heterocycles. The second-order valence-corrected chi connectivity index (χ2v) is 16.8. The van der Waals surface area contributed by atoms with Crippen molar-refractivity contribution in [3.05, 3.63) is 66.2 Å². The van der Waals surface area contributed by atoms with Crippen LogP contribution in [0.3, 0.4) is 0 Å². The normalized spacial score (nSPS) is 21.5. The monoisotopic (exact) mass is 786 g/mol. The van der Waals surface area contributed by atoms with Crippen LogP contribution in [0, 0.1) is 17.2 Å². The van der Waals surface area contributed by atoms with Crippen LogP contribution in [0.4, 0.5) is 16.5 Å². The molecule has 0 spiro atoms. The number of ether oxygens (including phenoxy) is 1. The molecule has 9 rings (SSSR count). The molecule has 5 aromatic heterocycles. The number of piperidine rings is 2. The van der Waals surface area contributed by atoms with Crippen LogP contribution in [-0.2, 0) is 19.7 Å². The van der Waals surface area contributed by atoms with Crippen molar-refractivity contribution in [3.63, 3.8) is 0 Å². The maximum Gasteiger partial charge on any atom is 0.236 e. The number of imide groups is 1. The largest absolute Gasteiger partial charge is 0.381 e. The number of nitrogens with zero attached hydrogens (tertiary/aromatic N) is 10. The number of hydrogen-bond acceptors (Lipinski definition) is 14. The molecule has 57 heavy (non-hydrogen) atoms. The van der Waals surface area contributed by atoms with Crippen molar-refractivity contribution in [1.29, 1.82) is 5.26 Å². The molecular formula is C41H46N12O3S. The van der Waals surface area contributed by atoms with E-state index in [1.807, 2.05) is 42.0 Å². The zero-order valence-electron chi connectivity index (χ0n) is 32.1. The molecule has 0 radical (unpaired) electrons. The maximum absolute atomic E-state index is 12.8. The molecule has 9 heterocycles. The third kappa shape index (κ3) is 7.66. The second-order valence-electron chi connectivity index (χ2n) is 15.8. The van der Waals surface area contributed by atoms with E-state index in [4.69, 9.17) is 9.72 Å². The highest BCUT2D eigenvalue weighted by Crippen LogP contribution is 2.38. The molecule has 0 aliphatic carbocycles. The summed E-state index contributed by atoms with van der Waals surface area (Å²) in [5.41, 5.74) is 6.03. The van der Waals surface area contributed by atoms with Gasteiger partial charge < -0.3 is 19.9 Å². The summed E-state index contributed by atoms with van der Waals surface area (Å²) in [6.45, 7) is 10.1. The highest BCUT2D eigenvalue weighted by Gasteiger charge is 2.40. The smallest absolute Gasteiger partial charge is 0.236 e. The number of rotatable bonds is 9. The average molecular weight is 787 g/mol. The second kappa shape index (κ2) is 15.8. The van der Waals surface area contributed by atoms with E-state index < -0.39 is 5.41 Å². The summed E-state index contributed by atoms with van der Waals surface area (Å²) in [5, 5.41) is 31.2. The summed E-state index contributed by atoms with van der Waals surface area (Å²) in [6.07, 6.45) is 12.0. The Morgan fingerprint density at radius 2 is 1.79 bits per heavy atom. The number of nitriles is 1. The van der Waals surface area contributed by atoms with Gasteiger partial charge in [0.15, 0.2) is 5.01 Å². The Kier molecular flexibility index (Phi) is 10.3. The molecular weight excluding hydrogens is 741 g/mol. The topological polar surface area (TPSA) is 170 Å². The number of pyridine rings is 2. The van der Waals surface area contributed by atoms with Crippen molar-refractivity contribution in [2.45, 2.75) is 56.9 Å². The number of piperazine rings is 1. The lowest BCUT2D eigenvalue weighted by atomic mass is 9.76. The minimum Gasteiger partial charge on any atom is -0.381 e. The number of fused-ring (bicyclic) bond motifs is 1. The Morgan fingerprint density at radius 3 is 2.58 bits per heavy atom. The molecule has 2 N–H and O–H groups in total. The van der Waals surface area contributed by atoms with Gasteiger partial charge >= 0.3 is 0 Å². The SMILES string of the molecule is C[C@]1(c2cncc(N3CCC(CN4CCN(c5nnc(-c6cnc(-c7ccc8cc(C#N)cnn78)cc6NC6CCOCC6)s5)CC4)CC3)c2)CCC(=O)NC1=O. The van der Waals surface area contributed by atoms with Gasteiger partial charge in [-0.15, -0.1) is 10.2 Å². The Hall–Kier alpha value is -5.50. The summed E-state index contributed by atoms with van der Waals surface area (Å²) in [6, 6.07) is 12.4. The van der Waals surface area contributed by atoms with Crippen molar-refractivity contribution in [1.82, 2.24) is 40.0 Å². The molecule has 0 saturated carbocycles. The van der Waals surface area contributed by atoms with Gasteiger partial charge in [0, 0.05) is 89.6 Å². The number of anilines is 3. The zero-order chi connectivity index (χ0) is 38.9. The van der Waals surface area contributed by atoms with Gasteiger partial charge in [-0.05, 0) is 80.8 Å². The summed E-state index contributed by atoms with van der Waals surface area (Å²) in [7, 11) is 0. The summed E-state index contributed by atoms with van der Waals surface area (Å²) in [5.74, 6) is 0.178. The average Bonchev–Trinajstić information content (AvgIpc) is 3.91. The first-order chi connectivity index (χ1) is 27.8. The molecule has 0 unspecified atom stereocenters. The molecule has 2 amide bonds. The van der Waals surface area contributed by atoms with E-state index in [2.05, 4.69) is 63.8 Å². The Balaban J connectivity index is 0.822. The van der Waals surface area contributed by atoms with E-state index in [0.717, 1.165) is 134 Å². The number of aromatic nitrogens is 6. The fraction of sp³-hybridized carbons (Fsp3) is 0.463. The number of hydrogen-bond donors (Lipinski definition) is 2. The van der Waals surface area contributed by atoms with Gasteiger partial charge in [-0.2, -0.15) is 10.4 Å². The Bertz CT molecular complexity index is 2320. The van der Waals surface area contributed by atoms with E-state index in [0.29, 0.717) is 24.3 Å². The molecule has 4 aliphatic heterocycles. The van der Waals surface area contributed by atoms with Crippen molar-refractivity contribution < 1.29 is 14.3 Å². The third-order valence-electron chi connectivity index (χ3n) is 12.1. The van der Waals surface area contributed by atoms with Crippen LogP contribution in [0.5, 0.6) is 0 Å². The number of carbonyl (C=O) groups excluding carboxylic acids is 2. The number of nitrogens with one attached hydrogen (secondary N) is 2. The fourth-order valence-corrected chi connectivity index (χ4v) is 9.42. The zero-order valence-corrected chi connectivity index (χ0v) is 32.9. The van der Waals surface area contributed by atoms with Crippen LogP contribution < -0.4 is 20.4 Å². The van der Waals surface area contributed by atoms with Gasteiger partial charge in [-0.3, -0.25) is 29.8 Å². The summed E-state index contributed by atoms with van der Waals surface area (Å²) >= 11 is 1.61. The predicted octanol–water partition coefficient (Wildman–Crippen LogP) is 4.51. The van der Waals surface area contributed by atoms with Crippen LogP contribution in [0.2, 0.25) is 0 Å². The van der Waals surface area contributed by atoms with Gasteiger partial charge in [-0.1, -0.05) is 11.3 Å². The highest BCUT2D eigenvalue weighted by molar-refractivity contribution is 7.18. The maximum atomic E-state index is 12.8. The van der Waals surface area contributed by atoms with Crippen LogP contribution in [0.1, 0.15) is 56.6 Å². The molecule has 4 fully saturated rings. The van der Waals surface area contributed by atoms with Crippen LogP contribution in [0.25, 0.3) is 27.5 Å². The number of carbonyl (C=O) groups is 2. The highest BCUT2D eigenvalue weighted by atomic mass is 32.1. The molecule has 294 valence electrons. The predicted molar refractivity (Wildman–Crippen MR) is 217 cm³/mol. The molecule has 16 heteroatoms. The molecule has 0 bridgehead atoms. The van der Waals surface area contributed by atoms with Gasteiger partial charge in [0.25, 0.3) is 0 Å². The van der Waals surface area contributed by atoms with E-state index in [1.165, 1.54) is 0 Å². The van der Waals surface area contributed by atoms with Crippen LogP contribution >= 0.6 is 11.3 Å². The molecule has 15 nitrogen and oxygen atoms in total. The van der Waals surface area contributed by atoms with E-state index >= 15 is 0 Å². The molecule has 1 atom stereocenters. The molecule has 5 aromatic rings. The van der Waals surface area contributed by atoms with Gasteiger partial charge in [0.1, 0.15) is 6.07 Å². The van der Waals surface area contributed by atoms with E-state index in [-0.39, 0.29) is 17.9 Å². The minimum absolute atomic E-state index is 0.206. The Morgan fingerprint density at radius 1 is 0.965 bits per heavy atom. The quantitative estimate of drug-likeness (QED) is 0.201. The van der Waals surface area contributed by atoms with E-state index in [1.54, 1.807) is 23.7 Å².